The van der Waals surface area contributed by atoms with Gasteiger partial charge in [0.05, 0.1) is 0 Å². The van der Waals surface area contributed by atoms with E-state index in [1.807, 2.05) is 0 Å². The third kappa shape index (κ3) is 3.58. The van der Waals surface area contributed by atoms with Gasteiger partial charge in [0.1, 0.15) is 5.82 Å². The molecule has 1 fully saturated rings. The zero-order valence-electron chi connectivity index (χ0n) is 13.2. The van der Waals surface area contributed by atoms with Crippen molar-refractivity contribution in [2.75, 3.05) is 14.1 Å². The normalized spacial score (nSPS) is 27.9. The van der Waals surface area contributed by atoms with Gasteiger partial charge < -0.3 is 10.6 Å². The number of nitrogens with zero attached hydrogens (tertiary/aromatic N) is 1. The van der Waals surface area contributed by atoms with Crippen LogP contribution in [0.4, 0.5) is 4.39 Å². The number of hydrogen-bond donors (Lipinski definition) is 1. The van der Waals surface area contributed by atoms with Gasteiger partial charge in [-0.2, -0.15) is 0 Å². The van der Waals surface area contributed by atoms with Gasteiger partial charge in [-0.25, -0.2) is 4.39 Å². The minimum atomic E-state index is -0.215. The van der Waals surface area contributed by atoms with E-state index in [0.717, 1.165) is 12.8 Å². The fourth-order valence-corrected chi connectivity index (χ4v) is 3.96. The van der Waals surface area contributed by atoms with Gasteiger partial charge in [0.2, 0.25) is 0 Å². The monoisotopic (exact) mass is 312 g/mol. The molecular formula is C17H26ClFN2. The molecule has 2 N–H and O–H groups in total. The molecule has 2 nitrogen and oxygen atoms in total. The Hall–Kier alpha value is -0.640. The lowest BCUT2D eigenvalue weighted by atomic mass is 9.70. The lowest BCUT2D eigenvalue weighted by molar-refractivity contribution is 0.0501. The summed E-state index contributed by atoms with van der Waals surface area (Å²) in [4.78, 5) is 2.25. The number of halogens is 2. The lowest BCUT2D eigenvalue weighted by Crippen LogP contribution is -2.60. The second-order valence-electron chi connectivity index (χ2n) is 6.75. The molecular weight excluding hydrogens is 287 g/mol. The van der Waals surface area contributed by atoms with Gasteiger partial charge in [0, 0.05) is 16.6 Å². The van der Waals surface area contributed by atoms with E-state index in [2.05, 4.69) is 25.9 Å². The highest BCUT2D eigenvalue weighted by molar-refractivity contribution is 6.30. The van der Waals surface area contributed by atoms with Crippen molar-refractivity contribution < 1.29 is 4.39 Å². The molecule has 1 aliphatic rings. The van der Waals surface area contributed by atoms with Crippen molar-refractivity contribution in [1.82, 2.24) is 4.90 Å². The van der Waals surface area contributed by atoms with Crippen LogP contribution in [0.25, 0.3) is 0 Å². The Kier molecular flexibility index (Phi) is 5.29. The molecule has 0 aliphatic heterocycles. The molecule has 1 aromatic rings. The first-order chi connectivity index (χ1) is 9.85. The number of hydrogen-bond acceptors (Lipinski definition) is 2. The first kappa shape index (κ1) is 16.7. The van der Waals surface area contributed by atoms with Crippen LogP contribution in [0.1, 0.15) is 38.2 Å². The zero-order chi connectivity index (χ0) is 15.6. The molecule has 1 saturated carbocycles. The van der Waals surface area contributed by atoms with Crippen LogP contribution < -0.4 is 5.73 Å². The van der Waals surface area contributed by atoms with Crippen molar-refractivity contribution in [3.8, 4) is 0 Å². The average molecular weight is 313 g/mol. The standard InChI is InChI=1S/C17H26ClFN2/c1-12-5-4-8-17(11-12,21(2)3)16(20)10-13-9-14(18)6-7-15(13)19/h6-7,9,12,16H,4-5,8,10-11,20H2,1-3H3. The van der Waals surface area contributed by atoms with Gasteiger partial charge in [-0.1, -0.05) is 31.4 Å². The van der Waals surface area contributed by atoms with Crippen LogP contribution in [-0.2, 0) is 6.42 Å². The quantitative estimate of drug-likeness (QED) is 0.914. The molecule has 0 heterocycles. The summed E-state index contributed by atoms with van der Waals surface area (Å²) in [7, 11) is 4.18. The highest BCUT2D eigenvalue weighted by atomic mass is 35.5. The summed E-state index contributed by atoms with van der Waals surface area (Å²) in [6.07, 6.45) is 5.12. The van der Waals surface area contributed by atoms with E-state index in [4.69, 9.17) is 17.3 Å². The first-order valence-electron chi connectivity index (χ1n) is 7.72. The van der Waals surface area contributed by atoms with E-state index < -0.39 is 0 Å². The van der Waals surface area contributed by atoms with Gasteiger partial charge in [-0.15, -0.1) is 0 Å². The molecule has 0 saturated heterocycles. The average Bonchev–Trinajstić information content (AvgIpc) is 2.42. The Bertz CT molecular complexity index is 492. The van der Waals surface area contributed by atoms with Gasteiger partial charge in [-0.3, -0.25) is 0 Å². The Labute approximate surface area is 132 Å². The summed E-state index contributed by atoms with van der Waals surface area (Å²) in [5, 5.41) is 0.564. The third-order valence-corrected chi connectivity index (χ3v) is 5.27. The number of rotatable bonds is 4. The summed E-state index contributed by atoms with van der Waals surface area (Å²) in [6, 6.07) is 4.61. The van der Waals surface area contributed by atoms with Crippen LogP contribution in [0, 0.1) is 11.7 Å². The van der Waals surface area contributed by atoms with E-state index in [-0.39, 0.29) is 17.4 Å². The second kappa shape index (κ2) is 6.64. The van der Waals surface area contributed by atoms with E-state index in [0.29, 0.717) is 22.9 Å². The Morgan fingerprint density at radius 2 is 2.19 bits per heavy atom. The minimum Gasteiger partial charge on any atom is -0.326 e. The highest BCUT2D eigenvalue weighted by Gasteiger charge is 2.42. The molecule has 0 spiro atoms. The van der Waals surface area contributed by atoms with Crippen LogP contribution in [0.2, 0.25) is 5.02 Å². The maximum atomic E-state index is 14.0. The first-order valence-corrected chi connectivity index (χ1v) is 8.10. The molecule has 118 valence electrons. The predicted molar refractivity (Wildman–Crippen MR) is 87.1 cm³/mol. The summed E-state index contributed by atoms with van der Waals surface area (Å²) < 4.78 is 14.0. The Morgan fingerprint density at radius 1 is 1.48 bits per heavy atom. The van der Waals surface area contributed by atoms with Crippen LogP contribution in [-0.4, -0.2) is 30.6 Å². The van der Waals surface area contributed by atoms with Crippen molar-refractivity contribution in [3.63, 3.8) is 0 Å². The molecule has 0 amide bonds. The molecule has 0 radical (unpaired) electrons. The summed E-state index contributed by atoms with van der Waals surface area (Å²) in [5.74, 6) is 0.448. The van der Waals surface area contributed by atoms with Crippen molar-refractivity contribution >= 4 is 11.6 Å². The largest absolute Gasteiger partial charge is 0.326 e. The van der Waals surface area contributed by atoms with Crippen molar-refractivity contribution in [3.05, 3.63) is 34.6 Å². The van der Waals surface area contributed by atoms with Crippen LogP contribution in [0.3, 0.4) is 0 Å². The van der Waals surface area contributed by atoms with Crippen molar-refractivity contribution in [2.24, 2.45) is 11.7 Å². The topological polar surface area (TPSA) is 29.3 Å². The lowest BCUT2D eigenvalue weighted by Gasteiger charge is -2.49. The van der Waals surface area contributed by atoms with E-state index in [9.17, 15) is 4.39 Å². The van der Waals surface area contributed by atoms with Gasteiger partial charge >= 0.3 is 0 Å². The molecule has 1 aliphatic carbocycles. The Morgan fingerprint density at radius 3 is 2.81 bits per heavy atom. The number of nitrogens with two attached hydrogens (primary N) is 1. The molecule has 21 heavy (non-hydrogen) atoms. The molecule has 0 bridgehead atoms. The number of benzene rings is 1. The number of likely N-dealkylation sites (N-methyl/N-ethyl adjacent to an activating group) is 1. The fourth-order valence-electron chi connectivity index (χ4n) is 3.77. The van der Waals surface area contributed by atoms with Crippen LogP contribution in [0.5, 0.6) is 0 Å². The van der Waals surface area contributed by atoms with Crippen molar-refractivity contribution in [2.45, 2.75) is 50.6 Å². The molecule has 4 heteroatoms. The minimum absolute atomic E-state index is 0.0492. The smallest absolute Gasteiger partial charge is 0.126 e. The molecule has 3 unspecified atom stereocenters. The summed E-state index contributed by atoms with van der Waals surface area (Å²) >= 11 is 5.99. The molecule has 3 atom stereocenters. The maximum Gasteiger partial charge on any atom is 0.126 e. The highest BCUT2D eigenvalue weighted by Crippen LogP contribution is 2.38. The zero-order valence-corrected chi connectivity index (χ0v) is 14.0. The fraction of sp³-hybridized carbons (Fsp3) is 0.647. The Balaban J connectivity index is 2.23. The molecule has 1 aromatic carbocycles. The van der Waals surface area contributed by atoms with Crippen LogP contribution in [0.15, 0.2) is 18.2 Å². The van der Waals surface area contributed by atoms with Crippen LogP contribution >= 0.6 is 11.6 Å². The predicted octanol–water partition coefficient (Wildman–Crippen LogP) is 3.86. The van der Waals surface area contributed by atoms with Gasteiger partial charge in [0.15, 0.2) is 0 Å². The van der Waals surface area contributed by atoms with Gasteiger partial charge in [0.25, 0.3) is 0 Å². The third-order valence-electron chi connectivity index (χ3n) is 5.04. The second-order valence-corrected chi connectivity index (χ2v) is 7.18. The summed E-state index contributed by atoms with van der Waals surface area (Å²) in [5.41, 5.74) is 7.12. The van der Waals surface area contributed by atoms with Crippen molar-refractivity contribution in [1.29, 1.82) is 0 Å². The maximum absolute atomic E-state index is 14.0. The summed E-state index contributed by atoms with van der Waals surface area (Å²) in [6.45, 7) is 2.28. The van der Waals surface area contributed by atoms with E-state index >= 15 is 0 Å². The molecule has 2 rings (SSSR count). The van der Waals surface area contributed by atoms with E-state index in [1.54, 1.807) is 12.1 Å². The molecule has 0 aromatic heterocycles. The SMILES string of the molecule is CC1CCCC(C(N)Cc2cc(Cl)ccc2F)(N(C)C)C1. The van der Waals surface area contributed by atoms with E-state index in [1.165, 1.54) is 18.9 Å². The van der Waals surface area contributed by atoms with Gasteiger partial charge in [-0.05, 0) is 63.0 Å².